The molecule has 0 aliphatic carbocycles. The van der Waals surface area contributed by atoms with Crippen molar-refractivity contribution in [3.05, 3.63) is 29.3 Å². The highest BCUT2D eigenvalue weighted by Gasteiger charge is 2.24. The molecule has 21 heavy (non-hydrogen) atoms. The second-order valence-electron chi connectivity index (χ2n) is 5.72. The highest BCUT2D eigenvalue weighted by molar-refractivity contribution is 7.46. The van der Waals surface area contributed by atoms with Crippen molar-refractivity contribution in [2.24, 2.45) is 0 Å². The van der Waals surface area contributed by atoms with Gasteiger partial charge in [-0.3, -0.25) is 9.79 Å². The predicted molar refractivity (Wildman–Crippen MR) is 85.8 cm³/mol. The summed E-state index contributed by atoms with van der Waals surface area (Å²) in [5.41, 5.74) is 2.09. The molecule has 0 aliphatic heterocycles. The number of benzene rings is 1. The Balaban J connectivity index is 3.29. The van der Waals surface area contributed by atoms with E-state index >= 15 is 0 Å². The molecule has 0 bridgehead atoms. The zero-order valence-corrected chi connectivity index (χ0v) is 14.3. The first-order valence-corrected chi connectivity index (χ1v) is 9.21. The molecule has 5 heteroatoms. The van der Waals surface area contributed by atoms with E-state index in [0.717, 1.165) is 36.8 Å². The maximum atomic E-state index is 11.2. The summed E-state index contributed by atoms with van der Waals surface area (Å²) in [6.07, 6.45) is 4.11. The summed E-state index contributed by atoms with van der Waals surface area (Å²) in [6.45, 7) is 8.50. The zero-order chi connectivity index (χ0) is 16.0. The first kappa shape index (κ1) is 18.2. The molecule has 0 saturated carbocycles. The van der Waals surface area contributed by atoms with Gasteiger partial charge in [-0.15, -0.1) is 0 Å². The molecule has 0 radical (unpaired) electrons. The SMILES string of the molecule is CCCC(C)c1cccc(OP(=O)(O)O)c1C(C)CCC. The Kier molecular flexibility index (Phi) is 6.92. The van der Waals surface area contributed by atoms with Gasteiger partial charge in [0.2, 0.25) is 0 Å². The van der Waals surface area contributed by atoms with Crippen LogP contribution in [0.15, 0.2) is 18.2 Å². The molecule has 1 aromatic carbocycles. The van der Waals surface area contributed by atoms with Gasteiger partial charge in [0, 0.05) is 5.56 Å². The minimum absolute atomic E-state index is 0.215. The lowest BCUT2D eigenvalue weighted by Gasteiger charge is -2.23. The van der Waals surface area contributed by atoms with Crippen LogP contribution in [0.25, 0.3) is 0 Å². The van der Waals surface area contributed by atoms with E-state index in [-0.39, 0.29) is 5.92 Å². The Bertz CT molecular complexity index is 495. The highest BCUT2D eigenvalue weighted by Crippen LogP contribution is 2.44. The summed E-state index contributed by atoms with van der Waals surface area (Å²) in [6, 6.07) is 5.52. The van der Waals surface area contributed by atoms with Gasteiger partial charge < -0.3 is 4.52 Å². The number of rotatable bonds is 8. The monoisotopic (exact) mass is 314 g/mol. The second kappa shape index (κ2) is 7.98. The Morgan fingerprint density at radius 1 is 1.10 bits per heavy atom. The fourth-order valence-electron chi connectivity index (χ4n) is 2.89. The molecule has 0 fully saturated rings. The van der Waals surface area contributed by atoms with Gasteiger partial charge in [-0.2, -0.15) is 0 Å². The van der Waals surface area contributed by atoms with E-state index in [0.29, 0.717) is 11.7 Å². The Labute approximate surface area is 127 Å². The van der Waals surface area contributed by atoms with E-state index in [1.807, 2.05) is 12.1 Å². The van der Waals surface area contributed by atoms with E-state index < -0.39 is 7.82 Å². The molecule has 0 spiro atoms. The van der Waals surface area contributed by atoms with Crippen LogP contribution in [0.3, 0.4) is 0 Å². The third kappa shape index (κ3) is 5.46. The number of phosphoric ester groups is 1. The smallest absolute Gasteiger partial charge is 0.404 e. The van der Waals surface area contributed by atoms with Gasteiger partial charge in [-0.1, -0.05) is 52.7 Å². The highest BCUT2D eigenvalue weighted by atomic mass is 31.2. The van der Waals surface area contributed by atoms with E-state index in [1.165, 1.54) is 0 Å². The molecule has 4 nitrogen and oxygen atoms in total. The number of hydrogen-bond donors (Lipinski definition) is 2. The maximum Gasteiger partial charge on any atom is 0.524 e. The largest absolute Gasteiger partial charge is 0.524 e. The van der Waals surface area contributed by atoms with Crippen LogP contribution >= 0.6 is 7.82 Å². The standard InChI is InChI=1S/C16H27O4P/c1-5-8-12(3)14-10-7-11-15(20-21(17,18)19)16(14)13(4)9-6-2/h7,10-13H,5-6,8-9H2,1-4H3,(H2,17,18,19). The predicted octanol–water partition coefficient (Wildman–Crippen LogP) is 4.97. The average Bonchev–Trinajstić information content (AvgIpc) is 2.37. The molecule has 0 aliphatic rings. The van der Waals surface area contributed by atoms with E-state index in [9.17, 15) is 4.57 Å². The van der Waals surface area contributed by atoms with Crippen LogP contribution in [0.2, 0.25) is 0 Å². The molecule has 2 unspecified atom stereocenters. The number of phosphoric acid groups is 1. The normalized spacial score (nSPS) is 14.8. The van der Waals surface area contributed by atoms with E-state index in [4.69, 9.17) is 14.3 Å². The van der Waals surface area contributed by atoms with Crippen molar-refractivity contribution in [1.29, 1.82) is 0 Å². The van der Waals surface area contributed by atoms with Gasteiger partial charge in [0.15, 0.2) is 0 Å². The van der Waals surface area contributed by atoms with Crippen molar-refractivity contribution >= 4 is 7.82 Å². The molecule has 2 N–H and O–H groups in total. The zero-order valence-electron chi connectivity index (χ0n) is 13.4. The third-order valence-electron chi connectivity index (χ3n) is 3.78. The van der Waals surface area contributed by atoms with Crippen molar-refractivity contribution in [3.8, 4) is 5.75 Å². The summed E-state index contributed by atoms with van der Waals surface area (Å²) in [5, 5.41) is 0. The van der Waals surface area contributed by atoms with Gasteiger partial charge >= 0.3 is 7.82 Å². The first-order valence-electron chi connectivity index (χ1n) is 7.68. The van der Waals surface area contributed by atoms with Crippen LogP contribution in [-0.4, -0.2) is 9.79 Å². The topological polar surface area (TPSA) is 66.8 Å². The van der Waals surface area contributed by atoms with Crippen LogP contribution in [-0.2, 0) is 4.57 Å². The van der Waals surface area contributed by atoms with E-state index in [2.05, 4.69) is 27.7 Å². The maximum absolute atomic E-state index is 11.2. The average molecular weight is 314 g/mol. The van der Waals surface area contributed by atoms with Crippen LogP contribution in [0, 0.1) is 0 Å². The summed E-state index contributed by atoms with van der Waals surface area (Å²) in [4.78, 5) is 18.3. The molecule has 0 aromatic heterocycles. The van der Waals surface area contributed by atoms with Crippen LogP contribution < -0.4 is 4.52 Å². The molecule has 0 amide bonds. The lowest BCUT2D eigenvalue weighted by molar-refractivity contribution is 0.281. The number of hydrogen-bond acceptors (Lipinski definition) is 2. The van der Waals surface area contributed by atoms with Crippen molar-refractivity contribution in [2.75, 3.05) is 0 Å². The van der Waals surface area contributed by atoms with Gasteiger partial charge in [-0.25, -0.2) is 4.57 Å². The van der Waals surface area contributed by atoms with Crippen molar-refractivity contribution in [2.45, 2.75) is 65.2 Å². The molecule has 2 atom stereocenters. The Hall–Kier alpha value is -0.830. The van der Waals surface area contributed by atoms with Crippen LogP contribution in [0.1, 0.15) is 76.3 Å². The summed E-state index contributed by atoms with van der Waals surface area (Å²) >= 11 is 0. The molecular weight excluding hydrogens is 287 g/mol. The molecule has 1 aromatic rings. The van der Waals surface area contributed by atoms with Crippen LogP contribution in [0.4, 0.5) is 0 Å². The quantitative estimate of drug-likeness (QED) is 0.665. The summed E-state index contributed by atoms with van der Waals surface area (Å²) in [7, 11) is -4.54. The van der Waals surface area contributed by atoms with Gasteiger partial charge in [0.05, 0.1) is 0 Å². The molecule has 1 rings (SSSR count). The first-order chi connectivity index (χ1) is 9.80. The lowest BCUT2D eigenvalue weighted by Crippen LogP contribution is -2.06. The molecule has 0 saturated heterocycles. The molecule has 120 valence electrons. The fraction of sp³-hybridized carbons (Fsp3) is 0.625. The molecular formula is C16H27O4P. The van der Waals surface area contributed by atoms with Crippen molar-refractivity contribution in [1.82, 2.24) is 0 Å². The third-order valence-corrected chi connectivity index (χ3v) is 4.22. The van der Waals surface area contributed by atoms with Gasteiger partial charge in [-0.05, 0) is 36.3 Å². The summed E-state index contributed by atoms with van der Waals surface area (Å²) < 4.78 is 16.1. The minimum Gasteiger partial charge on any atom is -0.404 e. The van der Waals surface area contributed by atoms with Crippen molar-refractivity contribution in [3.63, 3.8) is 0 Å². The van der Waals surface area contributed by atoms with Crippen molar-refractivity contribution < 1.29 is 18.9 Å². The summed E-state index contributed by atoms with van der Waals surface area (Å²) in [5.74, 6) is 0.890. The van der Waals surface area contributed by atoms with Crippen LogP contribution in [0.5, 0.6) is 5.75 Å². The van der Waals surface area contributed by atoms with E-state index in [1.54, 1.807) is 6.07 Å². The fourth-order valence-corrected chi connectivity index (χ4v) is 3.31. The lowest BCUT2D eigenvalue weighted by atomic mass is 9.84. The second-order valence-corrected chi connectivity index (χ2v) is 6.88. The van der Waals surface area contributed by atoms with Gasteiger partial charge in [0.1, 0.15) is 5.75 Å². The molecule has 0 heterocycles. The Morgan fingerprint density at radius 2 is 1.67 bits per heavy atom. The van der Waals surface area contributed by atoms with Gasteiger partial charge in [0.25, 0.3) is 0 Å². The Morgan fingerprint density at radius 3 is 2.19 bits per heavy atom. The minimum atomic E-state index is -4.54.